The molecule has 0 aliphatic rings. The number of carbonyl (C=O) groups is 1. The third kappa shape index (κ3) is 5.80. The summed E-state index contributed by atoms with van der Waals surface area (Å²) in [6.45, 7) is 10.3. The van der Waals surface area contributed by atoms with Crippen LogP contribution in [0.4, 0.5) is 0 Å². The molecule has 0 aromatic heterocycles. The van der Waals surface area contributed by atoms with Gasteiger partial charge in [0.15, 0.2) is 6.10 Å². The second kappa shape index (κ2) is 9.27. The summed E-state index contributed by atoms with van der Waals surface area (Å²) in [5.74, 6) is 1.75. The van der Waals surface area contributed by atoms with Gasteiger partial charge in [-0.2, -0.15) is 0 Å². The molecular weight excluding hydrogens is 326 g/mol. The van der Waals surface area contributed by atoms with Crippen LogP contribution in [0.2, 0.25) is 0 Å². The van der Waals surface area contributed by atoms with Crippen LogP contribution >= 0.6 is 0 Å². The SMILES string of the molecule is Cc1ccc(C(C)C)c(O[C@@H](C)C(=O)N[C@@H](C)COc2ccccc2)c1. The quantitative estimate of drug-likeness (QED) is 0.760. The Bertz CT molecular complexity index is 713. The first-order valence-electron chi connectivity index (χ1n) is 9.12. The van der Waals surface area contributed by atoms with E-state index in [1.54, 1.807) is 6.92 Å². The molecule has 0 saturated carbocycles. The highest BCUT2D eigenvalue weighted by Crippen LogP contribution is 2.28. The van der Waals surface area contributed by atoms with Crippen LogP contribution in [0.1, 0.15) is 44.7 Å². The fourth-order valence-corrected chi connectivity index (χ4v) is 2.60. The first-order valence-corrected chi connectivity index (χ1v) is 9.12. The van der Waals surface area contributed by atoms with Crippen molar-refractivity contribution in [2.75, 3.05) is 6.61 Å². The standard InChI is InChI=1S/C22H29NO3/c1-15(2)20-12-11-16(3)13-21(20)26-18(5)22(24)23-17(4)14-25-19-9-7-6-8-10-19/h6-13,15,17-18H,14H2,1-5H3,(H,23,24)/t17-,18-/m0/s1. The Morgan fingerprint density at radius 1 is 1.04 bits per heavy atom. The third-order valence-corrected chi connectivity index (χ3v) is 4.10. The molecule has 1 amide bonds. The van der Waals surface area contributed by atoms with E-state index >= 15 is 0 Å². The average Bonchev–Trinajstić information content (AvgIpc) is 2.60. The molecule has 2 aromatic carbocycles. The molecule has 0 heterocycles. The zero-order valence-corrected chi connectivity index (χ0v) is 16.3. The van der Waals surface area contributed by atoms with Crippen molar-refractivity contribution in [3.05, 3.63) is 59.7 Å². The molecule has 0 saturated heterocycles. The number of nitrogens with one attached hydrogen (secondary N) is 1. The maximum Gasteiger partial charge on any atom is 0.261 e. The van der Waals surface area contributed by atoms with Crippen molar-refractivity contribution in [1.29, 1.82) is 0 Å². The Morgan fingerprint density at radius 2 is 1.73 bits per heavy atom. The summed E-state index contributed by atoms with van der Waals surface area (Å²) in [4.78, 5) is 12.4. The Balaban J connectivity index is 1.90. The number of para-hydroxylation sites is 1. The first-order chi connectivity index (χ1) is 12.4. The summed E-state index contributed by atoms with van der Waals surface area (Å²) in [5, 5.41) is 2.94. The second-order valence-corrected chi connectivity index (χ2v) is 6.99. The van der Waals surface area contributed by atoms with E-state index in [1.165, 1.54) is 0 Å². The molecule has 0 bridgehead atoms. The van der Waals surface area contributed by atoms with Gasteiger partial charge < -0.3 is 14.8 Å². The number of carbonyl (C=O) groups excluding carboxylic acids is 1. The van der Waals surface area contributed by atoms with Crippen molar-refractivity contribution in [3.63, 3.8) is 0 Å². The molecule has 0 fully saturated rings. The minimum absolute atomic E-state index is 0.115. The van der Waals surface area contributed by atoms with Crippen LogP contribution in [-0.2, 0) is 4.79 Å². The molecule has 0 spiro atoms. The van der Waals surface area contributed by atoms with Gasteiger partial charge in [-0.15, -0.1) is 0 Å². The molecule has 1 N–H and O–H groups in total. The van der Waals surface area contributed by atoms with Crippen LogP contribution in [0.5, 0.6) is 11.5 Å². The van der Waals surface area contributed by atoms with Crippen LogP contribution in [0.25, 0.3) is 0 Å². The van der Waals surface area contributed by atoms with Crippen LogP contribution < -0.4 is 14.8 Å². The fraction of sp³-hybridized carbons (Fsp3) is 0.409. The number of aryl methyl sites for hydroxylation is 1. The van der Waals surface area contributed by atoms with Crippen molar-refractivity contribution in [2.24, 2.45) is 0 Å². The maximum atomic E-state index is 12.4. The van der Waals surface area contributed by atoms with Crippen molar-refractivity contribution in [1.82, 2.24) is 5.32 Å². The number of hydrogen-bond donors (Lipinski definition) is 1. The largest absolute Gasteiger partial charge is 0.491 e. The zero-order chi connectivity index (χ0) is 19.1. The summed E-state index contributed by atoms with van der Waals surface area (Å²) >= 11 is 0. The van der Waals surface area contributed by atoms with E-state index in [9.17, 15) is 4.79 Å². The van der Waals surface area contributed by atoms with Gasteiger partial charge in [0, 0.05) is 0 Å². The molecule has 0 radical (unpaired) electrons. The molecule has 140 valence electrons. The smallest absolute Gasteiger partial charge is 0.261 e. The molecule has 2 rings (SSSR count). The van der Waals surface area contributed by atoms with Crippen molar-refractivity contribution in [3.8, 4) is 11.5 Å². The summed E-state index contributed by atoms with van der Waals surface area (Å²) < 4.78 is 11.6. The van der Waals surface area contributed by atoms with Gasteiger partial charge in [-0.25, -0.2) is 0 Å². The number of amides is 1. The van der Waals surface area contributed by atoms with E-state index in [2.05, 4.69) is 31.3 Å². The van der Waals surface area contributed by atoms with E-state index < -0.39 is 6.10 Å². The van der Waals surface area contributed by atoms with Crippen LogP contribution in [0, 0.1) is 6.92 Å². The summed E-state index contributed by atoms with van der Waals surface area (Å²) in [6.07, 6.45) is -0.575. The highest BCUT2D eigenvalue weighted by Gasteiger charge is 2.19. The van der Waals surface area contributed by atoms with E-state index in [4.69, 9.17) is 9.47 Å². The van der Waals surface area contributed by atoms with Crippen LogP contribution in [-0.4, -0.2) is 24.7 Å². The number of benzene rings is 2. The van der Waals surface area contributed by atoms with Gasteiger partial charge in [-0.1, -0.05) is 44.2 Å². The highest BCUT2D eigenvalue weighted by molar-refractivity contribution is 5.81. The second-order valence-electron chi connectivity index (χ2n) is 6.99. The lowest BCUT2D eigenvalue weighted by molar-refractivity contribution is -0.128. The van der Waals surface area contributed by atoms with Gasteiger partial charge in [0.25, 0.3) is 5.91 Å². The summed E-state index contributed by atoms with van der Waals surface area (Å²) in [5.41, 5.74) is 2.22. The topological polar surface area (TPSA) is 47.6 Å². The number of rotatable bonds is 8. The summed E-state index contributed by atoms with van der Waals surface area (Å²) in [7, 11) is 0. The zero-order valence-electron chi connectivity index (χ0n) is 16.3. The molecule has 26 heavy (non-hydrogen) atoms. The fourth-order valence-electron chi connectivity index (χ4n) is 2.60. The Morgan fingerprint density at radius 3 is 2.38 bits per heavy atom. The van der Waals surface area contributed by atoms with E-state index in [1.807, 2.05) is 50.2 Å². The van der Waals surface area contributed by atoms with Gasteiger partial charge in [-0.05, 0) is 56.0 Å². The van der Waals surface area contributed by atoms with Gasteiger partial charge in [0.05, 0.1) is 6.04 Å². The summed E-state index contributed by atoms with van der Waals surface area (Å²) in [6, 6.07) is 15.6. The predicted molar refractivity (Wildman–Crippen MR) is 105 cm³/mol. The lowest BCUT2D eigenvalue weighted by Crippen LogP contribution is -2.43. The minimum atomic E-state index is -0.575. The van der Waals surface area contributed by atoms with Crippen LogP contribution in [0.15, 0.2) is 48.5 Å². The highest BCUT2D eigenvalue weighted by atomic mass is 16.5. The Hall–Kier alpha value is -2.49. The molecule has 0 aliphatic carbocycles. The first kappa shape index (κ1) is 19.8. The Kier molecular flexibility index (Phi) is 7.07. The lowest BCUT2D eigenvalue weighted by Gasteiger charge is -2.21. The van der Waals surface area contributed by atoms with Crippen molar-refractivity contribution < 1.29 is 14.3 Å². The van der Waals surface area contributed by atoms with Crippen LogP contribution in [0.3, 0.4) is 0 Å². The Labute approximate surface area is 156 Å². The van der Waals surface area contributed by atoms with Gasteiger partial charge in [-0.3, -0.25) is 4.79 Å². The number of ether oxygens (including phenoxy) is 2. The average molecular weight is 355 g/mol. The van der Waals surface area contributed by atoms with Gasteiger partial charge in [0.1, 0.15) is 18.1 Å². The van der Waals surface area contributed by atoms with E-state index in [-0.39, 0.29) is 11.9 Å². The maximum absolute atomic E-state index is 12.4. The van der Waals surface area contributed by atoms with Crippen molar-refractivity contribution in [2.45, 2.75) is 52.7 Å². The molecule has 0 unspecified atom stereocenters. The normalized spacial score (nSPS) is 13.2. The number of hydrogen-bond acceptors (Lipinski definition) is 3. The van der Waals surface area contributed by atoms with E-state index in [0.29, 0.717) is 12.5 Å². The molecule has 2 aromatic rings. The molecule has 4 nitrogen and oxygen atoms in total. The monoisotopic (exact) mass is 355 g/mol. The molecule has 0 aliphatic heterocycles. The molecule has 2 atom stereocenters. The lowest BCUT2D eigenvalue weighted by atomic mass is 10.0. The minimum Gasteiger partial charge on any atom is -0.491 e. The third-order valence-electron chi connectivity index (χ3n) is 4.10. The van der Waals surface area contributed by atoms with Gasteiger partial charge >= 0.3 is 0 Å². The van der Waals surface area contributed by atoms with E-state index in [0.717, 1.165) is 22.6 Å². The molecule has 4 heteroatoms. The molecular formula is C22H29NO3. The van der Waals surface area contributed by atoms with Gasteiger partial charge in [0.2, 0.25) is 0 Å². The predicted octanol–water partition coefficient (Wildman–Crippen LogP) is 4.47. The van der Waals surface area contributed by atoms with Crippen molar-refractivity contribution >= 4 is 5.91 Å².